The molecule has 2 heterocycles. The zero-order valence-electron chi connectivity index (χ0n) is 17.8. The number of hydrogen-bond donors (Lipinski definition) is 0. The highest BCUT2D eigenvalue weighted by atomic mass is 16.7. The summed E-state index contributed by atoms with van der Waals surface area (Å²) in [5.74, 6) is -1.14. The number of hydroxylamine groups is 1. The fourth-order valence-corrected chi connectivity index (χ4v) is 4.74. The van der Waals surface area contributed by atoms with Crippen LogP contribution in [0.4, 0.5) is 11.4 Å². The van der Waals surface area contributed by atoms with E-state index in [2.05, 4.69) is 0 Å². The third-order valence-electron chi connectivity index (χ3n) is 6.23. The summed E-state index contributed by atoms with van der Waals surface area (Å²) in [5.41, 5.74) is 5.49. The molecule has 0 aliphatic carbocycles. The second kappa shape index (κ2) is 7.36. The third-order valence-corrected chi connectivity index (χ3v) is 6.23. The van der Waals surface area contributed by atoms with Crippen molar-refractivity contribution in [2.24, 2.45) is 5.92 Å². The average Bonchev–Trinajstić information content (AvgIpc) is 3.26. The Morgan fingerprint density at radius 2 is 1.48 bits per heavy atom. The smallest absolute Gasteiger partial charge is 0.266 e. The fourth-order valence-electron chi connectivity index (χ4n) is 4.74. The number of hydrogen-bond acceptors (Lipinski definition) is 4. The van der Waals surface area contributed by atoms with Gasteiger partial charge in [-0.05, 0) is 55.7 Å². The second-order valence-electron chi connectivity index (χ2n) is 8.32. The van der Waals surface area contributed by atoms with Crippen LogP contribution in [0.3, 0.4) is 0 Å². The molecule has 0 N–H and O–H groups in total. The summed E-state index contributed by atoms with van der Waals surface area (Å²) in [7, 11) is 0. The number of benzene rings is 3. The molecule has 2 fully saturated rings. The first-order chi connectivity index (χ1) is 15.0. The van der Waals surface area contributed by atoms with Crippen LogP contribution in [-0.2, 0) is 14.4 Å². The Hall–Kier alpha value is -3.44. The van der Waals surface area contributed by atoms with Gasteiger partial charge in [0.2, 0.25) is 5.91 Å². The van der Waals surface area contributed by atoms with E-state index in [0.717, 1.165) is 27.9 Å². The van der Waals surface area contributed by atoms with Gasteiger partial charge in [0.1, 0.15) is 5.92 Å². The van der Waals surface area contributed by atoms with Gasteiger partial charge in [-0.2, -0.15) is 0 Å². The number of carbonyl (C=O) groups excluding carboxylic acids is 2. The molecular weight excluding hydrogens is 388 g/mol. The zero-order chi connectivity index (χ0) is 21.7. The van der Waals surface area contributed by atoms with Gasteiger partial charge in [0.25, 0.3) is 5.91 Å². The van der Waals surface area contributed by atoms with Crippen LogP contribution >= 0.6 is 0 Å². The van der Waals surface area contributed by atoms with Crippen molar-refractivity contribution in [1.82, 2.24) is 0 Å². The molecule has 5 nitrogen and oxygen atoms in total. The normalized spacial score (nSPS) is 22.9. The van der Waals surface area contributed by atoms with Crippen LogP contribution < -0.4 is 9.96 Å². The van der Waals surface area contributed by atoms with E-state index in [9.17, 15) is 9.59 Å². The molecule has 0 bridgehead atoms. The van der Waals surface area contributed by atoms with Crippen LogP contribution in [0.5, 0.6) is 0 Å². The molecule has 31 heavy (non-hydrogen) atoms. The van der Waals surface area contributed by atoms with Crippen molar-refractivity contribution in [2.75, 3.05) is 9.96 Å². The maximum Gasteiger partial charge on any atom is 0.266 e. The summed E-state index contributed by atoms with van der Waals surface area (Å²) in [6, 6.07) is 23.0. The molecule has 2 aliphatic heterocycles. The minimum absolute atomic E-state index is 0.214. The zero-order valence-corrected chi connectivity index (χ0v) is 17.8. The lowest BCUT2D eigenvalue weighted by molar-refractivity contribution is -0.126. The minimum Gasteiger partial charge on any atom is -0.273 e. The molecule has 5 heteroatoms. The maximum absolute atomic E-state index is 13.7. The van der Waals surface area contributed by atoms with E-state index in [4.69, 9.17) is 4.84 Å². The maximum atomic E-state index is 13.7. The Morgan fingerprint density at radius 1 is 0.774 bits per heavy atom. The Morgan fingerprint density at radius 3 is 2.19 bits per heavy atom. The number of carbonyl (C=O) groups is 2. The highest BCUT2D eigenvalue weighted by molar-refractivity contribution is 6.24. The van der Waals surface area contributed by atoms with E-state index < -0.39 is 12.0 Å². The fraction of sp³-hybridized carbons (Fsp3) is 0.231. The molecule has 156 valence electrons. The topological polar surface area (TPSA) is 49.9 Å². The van der Waals surface area contributed by atoms with Crippen LogP contribution in [0.2, 0.25) is 0 Å². The van der Waals surface area contributed by atoms with Crippen molar-refractivity contribution < 1.29 is 14.4 Å². The van der Waals surface area contributed by atoms with E-state index in [1.807, 2.05) is 93.6 Å². The van der Waals surface area contributed by atoms with Gasteiger partial charge in [0.15, 0.2) is 6.10 Å². The third kappa shape index (κ3) is 3.04. The molecule has 0 radical (unpaired) electrons. The highest BCUT2D eigenvalue weighted by Gasteiger charge is 2.60. The summed E-state index contributed by atoms with van der Waals surface area (Å²) in [6.45, 7) is 5.94. The quantitative estimate of drug-likeness (QED) is 0.587. The predicted octanol–water partition coefficient (Wildman–Crippen LogP) is 4.66. The first kappa shape index (κ1) is 19.5. The van der Waals surface area contributed by atoms with E-state index in [1.165, 1.54) is 4.90 Å². The Bertz CT molecular complexity index is 1170. The van der Waals surface area contributed by atoms with Gasteiger partial charge in [0.05, 0.1) is 17.4 Å². The summed E-state index contributed by atoms with van der Waals surface area (Å²) in [5, 5.41) is 1.74. The first-order valence-corrected chi connectivity index (χ1v) is 10.5. The van der Waals surface area contributed by atoms with Gasteiger partial charge in [0, 0.05) is 0 Å². The van der Waals surface area contributed by atoms with Crippen molar-refractivity contribution in [3.63, 3.8) is 0 Å². The van der Waals surface area contributed by atoms with Gasteiger partial charge >= 0.3 is 0 Å². The molecule has 3 atom stereocenters. The molecule has 0 spiro atoms. The van der Waals surface area contributed by atoms with Gasteiger partial charge in [-0.1, -0.05) is 60.2 Å². The molecule has 3 aromatic carbocycles. The van der Waals surface area contributed by atoms with Gasteiger partial charge < -0.3 is 0 Å². The molecule has 0 unspecified atom stereocenters. The second-order valence-corrected chi connectivity index (χ2v) is 8.32. The number of aryl methyl sites for hydroxylation is 3. The highest BCUT2D eigenvalue weighted by Crippen LogP contribution is 2.48. The first-order valence-electron chi connectivity index (χ1n) is 10.5. The van der Waals surface area contributed by atoms with Crippen molar-refractivity contribution in [3.8, 4) is 0 Å². The largest absolute Gasteiger partial charge is 0.273 e. The van der Waals surface area contributed by atoms with Crippen LogP contribution in [0, 0.1) is 26.7 Å². The molecular formula is C26H24N2O3. The van der Waals surface area contributed by atoms with Crippen LogP contribution in [0.15, 0.2) is 72.8 Å². The van der Waals surface area contributed by atoms with Crippen molar-refractivity contribution >= 4 is 23.2 Å². The van der Waals surface area contributed by atoms with Crippen LogP contribution in [-0.4, -0.2) is 17.9 Å². The lowest BCUT2D eigenvalue weighted by Crippen LogP contribution is -2.37. The number of imide groups is 1. The number of fused-ring (bicyclic) bond motifs is 1. The summed E-state index contributed by atoms with van der Waals surface area (Å²) in [4.78, 5) is 34.7. The summed E-state index contributed by atoms with van der Waals surface area (Å²) < 4.78 is 0. The Labute approximate surface area is 181 Å². The van der Waals surface area contributed by atoms with Gasteiger partial charge in [-0.3, -0.25) is 14.4 Å². The average molecular weight is 412 g/mol. The Kier molecular flexibility index (Phi) is 4.63. The predicted molar refractivity (Wildman–Crippen MR) is 120 cm³/mol. The molecule has 5 rings (SSSR count). The van der Waals surface area contributed by atoms with Crippen LogP contribution in [0.25, 0.3) is 0 Å². The Balaban J connectivity index is 1.61. The minimum atomic E-state index is -0.849. The molecule has 0 saturated carbocycles. The lowest BCUT2D eigenvalue weighted by atomic mass is 9.88. The van der Waals surface area contributed by atoms with Crippen molar-refractivity contribution in [3.05, 3.63) is 95.1 Å². The molecule has 0 aromatic heterocycles. The van der Waals surface area contributed by atoms with E-state index in [1.54, 1.807) is 5.06 Å². The monoisotopic (exact) mass is 412 g/mol. The SMILES string of the molecule is Cc1ccc(N2C(=O)[C@H]3[C@H](ON(c4ccccc4)[C@@H]3c3ccccc3C)C2=O)c(C)c1. The molecule has 3 aromatic rings. The van der Waals surface area contributed by atoms with Crippen molar-refractivity contribution in [1.29, 1.82) is 0 Å². The molecule has 2 aliphatic rings. The van der Waals surface area contributed by atoms with Gasteiger partial charge in [-0.15, -0.1) is 0 Å². The van der Waals surface area contributed by atoms with Gasteiger partial charge in [-0.25, -0.2) is 9.96 Å². The summed E-state index contributed by atoms with van der Waals surface area (Å²) in [6.07, 6.45) is -0.849. The number of rotatable bonds is 3. The number of anilines is 2. The van der Waals surface area contributed by atoms with E-state index >= 15 is 0 Å². The summed E-state index contributed by atoms with van der Waals surface area (Å²) >= 11 is 0. The van der Waals surface area contributed by atoms with Crippen molar-refractivity contribution in [2.45, 2.75) is 32.9 Å². The lowest BCUT2D eigenvalue weighted by Gasteiger charge is -2.30. The number of amides is 2. The molecule has 2 saturated heterocycles. The number of para-hydroxylation sites is 1. The number of nitrogens with zero attached hydrogens (tertiary/aromatic N) is 2. The van der Waals surface area contributed by atoms with E-state index in [0.29, 0.717) is 5.69 Å². The standard InChI is InChI=1S/C26H24N2O3/c1-16-13-14-21(18(3)15-16)27-25(29)22-23(20-12-8-7-9-17(20)2)28(31-24(22)26(27)30)19-10-5-4-6-11-19/h4-15,22-24H,1-3H3/t22-,23-,24+/m1/s1. The van der Waals surface area contributed by atoms with E-state index in [-0.39, 0.29) is 17.9 Å². The molecule has 2 amide bonds. The van der Waals surface area contributed by atoms with Crippen LogP contribution in [0.1, 0.15) is 28.3 Å².